The Hall–Kier alpha value is -1.14. The third-order valence-electron chi connectivity index (χ3n) is 1.82. The highest BCUT2D eigenvalue weighted by Gasteiger charge is 2.08. The van der Waals surface area contributed by atoms with Gasteiger partial charge in [0, 0.05) is 20.1 Å². The number of aliphatic hydroxyl groups is 1. The summed E-state index contributed by atoms with van der Waals surface area (Å²) in [6.07, 6.45) is 0.640. The van der Waals surface area contributed by atoms with Gasteiger partial charge in [0.15, 0.2) is 0 Å². The lowest BCUT2D eigenvalue weighted by atomic mass is 10.4. The summed E-state index contributed by atoms with van der Waals surface area (Å²) in [6, 6.07) is 0. The molecule has 0 aromatic rings. The molecule has 0 bridgehead atoms. The summed E-state index contributed by atoms with van der Waals surface area (Å²) in [5.74, 6) is -0.563. The maximum Gasteiger partial charge on any atom is 0.252 e. The van der Waals surface area contributed by atoms with Gasteiger partial charge in [0.25, 0.3) is 5.91 Å². The molecule has 3 N–H and O–H groups in total. The number of carbonyl (C=O) groups is 2. The van der Waals surface area contributed by atoms with Gasteiger partial charge in [0.2, 0.25) is 5.91 Å². The summed E-state index contributed by atoms with van der Waals surface area (Å²) in [6.45, 7) is 4.99. The lowest BCUT2D eigenvalue weighted by Gasteiger charge is -2.18. The van der Waals surface area contributed by atoms with Gasteiger partial charge in [-0.1, -0.05) is 6.92 Å². The van der Waals surface area contributed by atoms with Crippen molar-refractivity contribution in [3.63, 3.8) is 0 Å². The number of hydrogen-bond donors (Lipinski definition) is 3. The predicted molar refractivity (Wildman–Crippen MR) is 55.8 cm³/mol. The molecule has 0 saturated heterocycles. The number of aliphatic hydroxyl groups excluding tert-OH is 1. The molecule has 0 aromatic carbocycles. The van der Waals surface area contributed by atoms with E-state index in [9.17, 15) is 9.59 Å². The standard InChI is InChI=1S/C9H19N3O3/c1-3-12(5-4-6-13)7-9(15)11-10-8(2)14/h13H,3-7H2,1-2H3,(H,10,14)(H,11,15). The number of nitrogens with one attached hydrogen (secondary N) is 2. The second-order valence-corrected chi connectivity index (χ2v) is 3.18. The normalized spacial score (nSPS) is 10.1. The molecule has 0 fully saturated rings. The smallest absolute Gasteiger partial charge is 0.252 e. The van der Waals surface area contributed by atoms with E-state index in [1.54, 1.807) is 0 Å². The summed E-state index contributed by atoms with van der Waals surface area (Å²) in [5.41, 5.74) is 4.50. The van der Waals surface area contributed by atoms with Gasteiger partial charge in [-0.3, -0.25) is 25.3 Å². The molecule has 0 saturated carbocycles. The summed E-state index contributed by atoms with van der Waals surface area (Å²) < 4.78 is 0. The highest BCUT2D eigenvalue weighted by Crippen LogP contribution is 1.89. The first-order valence-electron chi connectivity index (χ1n) is 4.98. The molecule has 15 heavy (non-hydrogen) atoms. The average Bonchev–Trinajstić information content (AvgIpc) is 2.21. The second-order valence-electron chi connectivity index (χ2n) is 3.18. The minimum absolute atomic E-state index is 0.115. The third-order valence-corrected chi connectivity index (χ3v) is 1.82. The summed E-state index contributed by atoms with van der Waals surface area (Å²) in [4.78, 5) is 23.6. The van der Waals surface area contributed by atoms with E-state index >= 15 is 0 Å². The van der Waals surface area contributed by atoms with Crippen molar-refractivity contribution >= 4 is 11.8 Å². The van der Waals surface area contributed by atoms with E-state index in [1.165, 1.54) is 6.92 Å². The molecule has 0 radical (unpaired) electrons. The average molecular weight is 217 g/mol. The topological polar surface area (TPSA) is 81.7 Å². The summed E-state index contributed by atoms with van der Waals surface area (Å²) in [5, 5.41) is 8.64. The van der Waals surface area contributed by atoms with Gasteiger partial charge in [-0.2, -0.15) is 0 Å². The van der Waals surface area contributed by atoms with Crippen molar-refractivity contribution in [2.75, 3.05) is 26.2 Å². The number of carbonyl (C=O) groups excluding carboxylic acids is 2. The second kappa shape index (κ2) is 8.19. The van der Waals surface area contributed by atoms with E-state index in [-0.39, 0.29) is 25.0 Å². The first-order chi connectivity index (χ1) is 7.10. The molecule has 6 heteroatoms. The van der Waals surface area contributed by atoms with E-state index < -0.39 is 0 Å². The van der Waals surface area contributed by atoms with Crippen LogP contribution in [0.3, 0.4) is 0 Å². The van der Waals surface area contributed by atoms with Crippen LogP contribution < -0.4 is 10.9 Å². The Morgan fingerprint density at radius 3 is 2.47 bits per heavy atom. The molecular formula is C9H19N3O3. The van der Waals surface area contributed by atoms with Crippen molar-refractivity contribution in [3.05, 3.63) is 0 Å². The molecule has 2 amide bonds. The molecule has 0 aliphatic rings. The van der Waals surface area contributed by atoms with Crippen LogP contribution in [-0.2, 0) is 9.59 Å². The van der Waals surface area contributed by atoms with Crippen molar-refractivity contribution in [1.29, 1.82) is 0 Å². The van der Waals surface area contributed by atoms with Crippen molar-refractivity contribution in [3.8, 4) is 0 Å². The quantitative estimate of drug-likeness (QED) is 0.491. The van der Waals surface area contributed by atoms with Crippen LogP contribution in [0.5, 0.6) is 0 Å². The Labute approximate surface area is 89.6 Å². The summed E-state index contributed by atoms with van der Waals surface area (Å²) in [7, 11) is 0. The molecule has 0 aliphatic heterocycles. The van der Waals surface area contributed by atoms with E-state index in [0.717, 1.165) is 6.54 Å². The van der Waals surface area contributed by atoms with E-state index in [4.69, 9.17) is 5.11 Å². The van der Waals surface area contributed by atoms with Crippen LogP contribution in [0, 0.1) is 0 Å². The molecule has 0 spiro atoms. The number of nitrogens with zero attached hydrogens (tertiary/aromatic N) is 1. The van der Waals surface area contributed by atoms with Gasteiger partial charge in [-0.05, 0) is 13.0 Å². The lowest BCUT2D eigenvalue weighted by Crippen LogP contribution is -2.45. The highest BCUT2D eigenvalue weighted by atomic mass is 16.3. The zero-order chi connectivity index (χ0) is 11.7. The zero-order valence-electron chi connectivity index (χ0n) is 9.25. The SMILES string of the molecule is CCN(CCCO)CC(=O)NNC(C)=O. The first kappa shape index (κ1) is 13.9. The summed E-state index contributed by atoms with van der Waals surface area (Å²) >= 11 is 0. The Bertz CT molecular complexity index is 209. The Morgan fingerprint density at radius 2 is 2.00 bits per heavy atom. The van der Waals surface area contributed by atoms with E-state index in [0.29, 0.717) is 13.0 Å². The van der Waals surface area contributed by atoms with Crippen LogP contribution in [-0.4, -0.2) is 48.1 Å². The number of hydrogen-bond acceptors (Lipinski definition) is 4. The number of amides is 2. The zero-order valence-corrected chi connectivity index (χ0v) is 9.25. The minimum Gasteiger partial charge on any atom is -0.396 e. The molecule has 0 aliphatic carbocycles. The highest BCUT2D eigenvalue weighted by molar-refractivity contribution is 5.81. The van der Waals surface area contributed by atoms with Crippen LogP contribution >= 0.6 is 0 Å². The van der Waals surface area contributed by atoms with Gasteiger partial charge in [-0.15, -0.1) is 0 Å². The van der Waals surface area contributed by atoms with Crippen molar-refractivity contribution in [2.45, 2.75) is 20.3 Å². The number of hydrazine groups is 1. The molecule has 6 nitrogen and oxygen atoms in total. The molecule has 88 valence electrons. The van der Waals surface area contributed by atoms with Crippen LogP contribution in [0.25, 0.3) is 0 Å². The van der Waals surface area contributed by atoms with Crippen LogP contribution in [0.2, 0.25) is 0 Å². The van der Waals surface area contributed by atoms with Gasteiger partial charge < -0.3 is 5.11 Å². The maximum atomic E-state index is 11.2. The van der Waals surface area contributed by atoms with Gasteiger partial charge in [-0.25, -0.2) is 0 Å². The minimum atomic E-state index is -0.304. The Balaban J connectivity index is 3.74. The third kappa shape index (κ3) is 7.90. The van der Waals surface area contributed by atoms with Crippen molar-refractivity contribution in [1.82, 2.24) is 15.8 Å². The fourth-order valence-electron chi connectivity index (χ4n) is 1.04. The van der Waals surface area contributed by atoms with E-state index in [2.05, 4.69) is 10.9 Å². The number of rotatable bonds is 6. The van der Waals surface area contributed by atoms with Crippen molar-refractivity contribution in [2.24, 2.45) is 0 Å². The maximum absolute atomic E-state index is 11.2. The van der Waals surface area contributed by atoms with Crippen LogP contribution in [0.1, 0.15) is 20.3 Å². The predicted octanol–water partition coefficient (Wildman–Crippen LogP) is -1.14. The lowest BCUT2D eigenvalue weighted by molar-refractivity contribution is -0.128. The molecular weight excluding hydrogens is 198 g/mol. The van der Waals surface area contributed by atoms with Gasteiger partial charge in [0.05, 0.1) is 6.54 Å². The van der Waals surface area contributed by atoms with Gasteiger partial charge in [0.1, 0.15) is 0 Å². The molecule has 0 aromatic heterocycles. The van der Waals surface area contributed by atoms with E-state index in [1.807, 2.05) is 11.8 Å². The van der Waals surface area contributed by atoms with Crippen LogP contribution in [0.15, 0.2) is 0 Å². The molecule has 0 heterocycles. The molecule has 0 rings (SSSR count). The number of likely N-dealkylation sites (N-methyl/N-ethyl adjacent to an activating group) is 1. The molecule has 0 atom stereocenters. The fraction of sp³-hybridized carbons (Fsp3) is 0.778. The fourth-order valence-corrected chi connectivity index (χ4v) is 1.04. The Morgan fingerprint density at radius 1 is 1.33 bits per heavy atom. The van der Waals surface area contributed by atoms with Crippen LogP contribution in [0.4, 0.5) is 0 Å². The van der Waals surface area contributed by atoms with Crippen molar-refractivity contribution < 1.29 is 14.7 Å². The monoisotopic (exact) mass is 217 g/mol. The largest absolute Gasteiger partial charge is 0.396 e. The first-order valence-corrected chi connectivity index (χ1v) is 4.98. The Kier molecular flexibility index (Phi) is 7.57. The van der Waals surface area contributed by atoms with Gasteiger partial charge >= 0.3 is 0 Å². The molecule has 0 unspecified atom stereocenters.